The Bertz CT molecular complexity index is 647. The van der Waals surface area contributed by atoms with Crippen LogP contribution in [0.2, 0.25) is 0 Å². The highest BCUT2D eigenvalue weighted by molar-refractivity contribution is 6.08. The fourth-order valence-electron chi connectivity index (χ4n) is 1.94. The Balaban J connectivity index is 1.92. The summed E-state index contributed by atoms with van der Waals surface area (Å²) in [6.07, 6.45) is 0.652. The molecule has 0 aliphatic rings. The van der Waals surface area contributed by atoms with Crippen LogP contribution in [0.5, 0.6) is 5.75 Å². The van der Waals surface area contributed by atoms with Gasteiger partial charge < -0.3 is 9.47 Å². The summed E-state index contributed by atoms with van der Waals surface area (Å²) in [5, 5.41) is 0. The van der Waals surface area contributed by atoms with Gasteiger partial charge in [-0.1, -0.05) is 37.3 Å². The third kappa shape index (κ3) is 4.95. The fraction of sp³-hybridized carbons (Fsp3) is 0.263. The topological polar surface area (TPSA) is 52.6 Å². The number of carbonyl (C=O) groups excluding carboxylic acids is 2. The second kappa shape index (κ2) is 8.13. The molecule has 2 aromatic carbocycles. The Morgan fingerprint density at radius 2 is 1.57 bits per heavy atom. The van der Waals surface area contributed by atoms with E-state index in [1.54, 1.807) is 36.4 Å². The number of hydrogen-bond acceptors (Lipinski definition) is 4. The van der Waals surface area contributed by atoms with Gasteiger partial charge in [-0.3, -0.25) is 4.79 Å². The van der Waals surface area contributed by atoms with Crippen LogP contribution in [-0.4, -0.2) is 24.5 Å². The Hall–Kier alpha value is -2.62. The number of carbonyl (C=O) groups is 2. The summed E-state index contributed by atoms with van der Waals surface area (Å²) >= 11 is 0. The molecule has 120 valence electrons. The minimum atomic E-state index is -0.399. The molecule has 0 heterocycles. The molecule has 0 aromatic heterocycles. The zero-order valence-electron chi connectivity index (χ0n) is 13.3. The average Bonchev–Trinajstić information content (AvgIpc) is 2.60. The van der Waals surface area contributed by atoms with Crippen molar-refractivity contribution in [2.75, 3.05) is 6.61 Å². The molecule has 0 aliphatic carbocycles. The summed E-state index contributed by atoms with van der Waals surface area (Å²) in [5.41, 5.74) is 1.21. The van der Waals surface area contributed by atoms with Crippen molar-refractivity contribution in [2.45, 2.75) is 26.4 Å². The molecule has 4 nitrogen and oxygen atoms in total. The normalized spacial score (nSPS) is 11.6. The van der Waals surface area contributed by atoms with Crippen molar-refractivity contribution in [3.8, 4) is 5.75 Å². The molecule has 2 aromatic rings. The molecule has 23 heavy (non-hydrogen) atoms. The predicted octanol–water partition coefficient (Wildman–Crippen LogP) is 3.64. The van der Waals surface area contributed by atoms with Crippen LogP contribution in [0.1, 0.15) is 36.2 Å². The molecule has 0 amide bonds. The number of rotatable bonds is 7. The van der Waals surface area contributed by atoms with Crippen LogP contribution in [-0.2, 0) is 9.53 Å². The maximum absolute atomic E-state index is 12.3. The molecule has 0 saturated heterocycles. The molecule has 0 aliphatic heterocycles. The van der Waals surface area contributed by atoms with Gasteiger partial charge in [0.25, 0.3) is 0 Å². The Morgan fingerprint density at radius 1 is 0.957 bits per heavy atom. The lowest BCUT2D eigenvalue weighted by molar-refractivity contribution is -0.150. The molecule has 1 atom stereocenters. The molecule has 0 fully saturated rings. The van der Waals surface area contributed by atoms with Gasteiger partial charge in [0, 0.05) is 11.1 Å². The maximum atomic E-state index is 12.3. The molecule has 2 rings (SSSR count). The lowest BCUT2D eigenvalue weighted by atomic mass is 10.0. The molecule has 0 bridgehead atoms. The largest absolute Gasteiger partial charge is 0.482 e. The summed E-state index contributed by atoms with van der Waals surface area (Å²) in [7, 11) is 0. The molecule has 0 spiro atoms. The zero-order valence-corrected chi connectivity index (χ0v) is 13.3. The van der Waals surface area contributed by atoms with Gasteiger partial charge >= 0.3 is 5.97 Å². The van der Waals surface area contributed by atoms with E-state index < -0.39 is 5.97 Å². The van der Waals surface area contributed by atoms with Crippen LogP contribution in [0.4, 0.5) is 0 Å². The summed E-state index contributed by atoms with van der Waals surface area (Å²) in [6.45, 7) is 3.64. The van der Waals surface area contributed by atoms with E-state index in [9.17, 15) is 9.59 Å². The van der Waals surface area contributed by atoms with Gasteiger partial charge in [0.05, 0.1) is 6.10 Å². The quantitative estimate of drug-likeness (QED) is 0.578. The summed E-state index contributed by atoms with van der Waals surface area (Å²) in [4.78, 5) is 23.8. The van der Waals surface area contributed by atoms with Gasteiger partial charge in [-0.2, -0.15) is 0 Å². The van der Waals surface area contributed by atoms with Crippen molar-refractivity contribution in [2.24, 2.45) is 0 Å². The zero-order chi connectivity index (χ0) is 16.7. The smallest absolute Gasteiger partial charge is 0.344 e. The maximum Gasteiger partial charge on any atom is 0.344 e. The average molecular weight is 312 g/mol. The third-order valence-corrected chi connectivity index (χ3v) is 3.42. The molecule has 1 unspecified atom stereocenters. The highest BCUT2D eigenvalue weighted by atomic mass is 16.6. The second-order valence-electron chi connectivity index (χ2n) is 5.22. The summed E-state index contributed by atoms with van der Waals surface area (Å²) in [6, 6.07) is 15.8. The van der Waals surface area contributed by atoms with E-state index in [1.165, 1.54) is 0 Å². The number of benzene rings is 2. The van der Waals surface area contributed by atoms with Gasteiger partial charge in [0.1, 0.15) is 5.75 Å². The summed E-state index contributed by atoms with van der Waals surface area (Å²) in [5.74, 6) is 0.0767. The Morgan fingerprint density at radius 3 is 2.17 bits per heavy atom. The van der Waals surface area contributed by atoms with Gasteiger partial charge in [0.2, 0.25) is 0 Å². The number of hydrogen-bond donors (Lipinski definition) is 0. The lowest BCUT2D eigenvalue weighted by Crippen LogP contribution is -2.20. The Labute approximate surface area is 136 Å². The summed E-state index contributed by atoms with van der Waals surface area (Å²) < 4.78 is 10.5. The minimum absolute atomic E-state index is 0.0478. The van der Waals surface area contributed by atoms with Crippen molar-refractivity contribution >= 4 is 11.8 Å². The first-order chi connectivity index (χ1) is 11.1. The Kier molecular flexibility index (Phi) is 5.92. The molecular formula is C19H20O4. The van der Waals surface area contributed by atoms with Crippen LogP contribution >= 0.6 is 0 Å². The molecule has 4 heteroatoms. The molecule has 0 saturated carbocycles. The van der Waals surface area contributed by atoms with Crippen LogP contribution in [0, 0.1) is 0 Å². The first kappa shape index (κ1) is 16.7. The molecule has 0 radical (unpaired) electrons. The van der Waals surface area contributed by atoms with Crippen LogP contribution in [0.3, 0.4) is 0 Å². The first-order valence-electron chi connectivity index (χ1n) is 7.62. The van der Waals surface area contributed by atoms with E-state index >= 15 is 0 Å². The van der Waals surface area contributed by atoms with Crippen LogP contribution < -0.4 is 4.74 Å². The van der Waals surface area contributed by atoms with E-state index in [1.807, 2.05) is 32.0 Å². The number of ether oxygens (including phenoxy) is 2. The monoisotopic (exact) mass is 312 g/mol. The predicted molar refractivity (Wildman–Crippen MR) is 87.7 cm³/mol. The fourth-order valence-corrected chi connectivity index (χ4v) is 1.94. The SMILES string of the molecule is CCC(C)OC(=O)COc1ccc(C(=O)c2ccccc2)cc1. The van der Waals surface area contributed by atoms with Crippen molar-refractivity contribution in [3.63, 3.8) is 0 Å². The van der Waals surface area contributed by atoms with Gasteiger partial charge in [0.15, 0.2) is 12.4 Å². The molecule has 0 N–H and O–H groups in total. The standard InChI is InChI=1S/C19H20O4/c1-3-14(2)23-18(20)13-22-17-11-9-16(10-12-17)19(21)15-7-5-4-6-8-15/h4-12,14H,3,13H2,1-2H3. The van der Waals surface area contributed by atoms with Crippen molar-refractivity contribution in [1.29, 1.82) is 0 Å². The van der Waals surface area contributed by atoms with Gasteiger partial charge in [-0.05, 0) is 37.6 Å². The van der Waals surface area contributed by atoms with Crippen molar-refractivity contribution < 1.29 is 19.1 Å². The number of esters is 1. The van der Waals surface area contributed by atoms with E-state index in [-0.39, 0.29) is 18.5 Å². The van der Waals surface area contributed by atoms with Crippen LogP contribution in [0.25, 0.3) is 0 Å². The third-order valence-electron chi connectivity index (χ3n) is 3.42. The minimum Gasteiger partial charge on any atom is -0.482 e. The second-order valence-corrected chi connectivity index (χ2v) is 5.22. The lowest BCUT2D eigenvalue weighted by Gasteiger charge is -2.11. The van der Waals surface area contributed by atoms with E-state index in [4.69, 9.17) is 9.47 Å². The highest BCUT2D eigenvalue weighted by Gasteiger charge is 2.10. The number of ketones is 1. The van der Waals surface area contributed by atoms with Crippen molar-refractivity contribution in [1.82, 2.24) is 0 Å². The van der Waals surface area contributed by atoms with Gasteiger partial charge in [-0.25, -0.2) is 4.79 Å². The highest BCUT2D eigenvalue weighted by Crippen LogP contribution is 2.15. The first-order valence-corrected chi connectivity index (χ1v) is 7.62. The van der Waals surface area contributed by atoms with E-state index in [2.05, 4.69) is 0 Å². The van der Waals surface area contributed by atoms with Gasteiger partial charge in [-0.15, -0.1) is 0 Å². The van der Waals surface area contributed by atoms with Crippen LogP contribution in [0.15, 0.2) is 54.6 Å². The molecular weight excluding hydrogens is 292 g/mol. The van der Waals surface area contributed by atoms with E-state index in [0.717, 1.165) is 6.42 Å². The van der Waals surface area contributed by atoms with Crippen molar-refractivity contribution in [3.05, 3.63) is 65.7 Å². The van der Waals surface area contributed by atoms with E-state index in [0.29, 0.717) is 16.9 Å².